The van der Waals surface area contributed by atoms with Gasteiger partial charge in [-0.05, 0) is 29.8 Å². The molecule has 2 rings (SSSR count). The average Bonchev–Trinajstić information content (AvgIpc) is 2.58. The third-order valence-corrected chi connectivity index (χ3v) is 3.16. The maximum absolute atomic E-state index is 13.1. The summed E-state index contributed by atoms with van der Waals surface area (Å²) in [6.45, 7) is -0.0345. The van der Waals surface area contributed by atoms with Crippen LogP contribution in [0.3, 0.4) is 0 Å². The van der Waals surface area contributed by atoms with Crippen LogP contribution in [0.5, 0.6) is 17.2 Å². The van der Waals surface area contributed by atoms with E-state index in [4.69, 9.17) is 18.9 Å². The first kappa shape index (κ1) is 16.6. The number of halogens is 1. The highest BCUT2D eigenvalue weighted by Gasteiger charge is 2.18. The van der Waals surface area contributed by atoms with Gasteiger partial charge in [0.2, 0.25) is 5.75 Å². The summed E-state index contributed by atoms with van der Waals surface area (Å²) in [5.74, 6) is 0.130. The predicted molar refractivity (Wildman–Crippen MR) is 81.6 cm³/mol. The van der Waals surface area contributed by atoms with E-state index in [1.54, 1.807) is 12.1 Å². The summed E-state index contributed by atoms with van der Waals surface area (Å²) in [5, 5.41) is 0. The molecule has 0 atom stereocenters. The van der Waals surface area contributed by atoms with Crippen molar-refractivity contribution in [2.24, 2.45) is 0 Å². The second-order valence-corrected chi connectivity index (χ2v) is 4.62. The van der Waals surface area contributed by atoms with Gasteiger partial charge in [0.05, 0.1) is 26.9 Å². The van der Waals surface area contributed by atoms with Crippen LogP contribution in [-0.4, -0.2) is 27.3 Å². The van der Waals surface area contributed by atoms with Crippen LogP contribution in [0.25, 0.3) is 0 Å². The lowest BCUT2D eigenvalue weighted by Crippen LogP contribution is -2.07. The molecule has 0 radical (unpaired) electrons. The van der Waals surface area contributed by atoms with Crippen molar-refractivity contribution in [1.29, 1.82) is 0 Å². The maximum atomic E-state index is 13.1. The van der Waals surface area contributed by atoms with Crippen molar-refractivity contribution in [3.05, 3.63) is 53.3 Å². The Bertz CT molecular complexity index is 674. The molecule has 122 valence electrons. The Labute approximate surface area is 133 Å². The lowest BCUT2D eigenvalue weighted by molar-refractivity contribution is 0.0471. The molecule has 0 N–H and O–H groups in total. The molecule has 0 heterocycles. The molecule has 0 saturated heterocycles. The summed E-state index contributed by atoms with van der Waals surface area (Å²) in [5.41, 5.74) is 0.807. The molecule has 0 aliphatic heterocycles. The standard InChI is InChI=1S/C17H17FO5/c1-20-14-8-12(9-15(21-2)16(14)22-3)17(19)23-10-11-5-4-6-13(18)7-11/h4-9H,10H2,1-3H3. The molecule has 23 heavy (non-hydrogen) atoms. The van der Waals surface area contributed by atoms with Gasteiger partial charge < -0.3 is 18.9 Å². The van der Waals surface area contributed by atoms with Gasteiger partial charge in [0.25, 0.3) is 0 Å². The minimum atomic E-state index is -0.575. The molecule has 0 aliphatic carbocycles. The smallest absolute Gasteiger partial charge is 0.338 e. The van der Waals surface area contributed by atoms with Gasteiger partial charge in [-0.2, -0.15) is 0 Å². The van der Waals surface area contributed by atoms with Gasteiger partial charge >= 0.3 is 5.97 Å². The van der Waals surface area contributed by atoms with Crippen molar-refractivity contribution in [2.75, 3.05) is 21.3 Å². The largest absolute Gasteiger partial charge is 0.493 e. The lowest BCUT2D eigenvalue weighted by atomic mass is 10.2. The Hall–Kier alpha value is -2.76. The van der Waals surface area contributed by atoms with Crippen molar-refractivity contribution >= 4 is 5.97 Å². The fourth-order valence-corrected chi connectivity index (χ4v) is 2.06. The van der Waals surface area contributed by atoms with Crippen LogP contribution in [0.4, 0.5) is 4.39 Å². The van der Waals surface area contributed by atoms with E-state index in [1.165, 1.54) is 45.6 Å². The lowest BCUT2D eigenvalue weighted by Gasteiger charge is -2.13. The molecular formula is C17H17FO5. The summed E-state index contributed by atoms with van der Waals surface area (Å²) in [6, 6.07) is 8.85. The number of carbonyl (C=O) groups is 1. The number of methoxy groups -OCH3 is 3. The molecule has 0 unspecified atom stereocenters. The van der Waals surface area contributed by atoms with E-state index in [2.05, 4.69) is 0 Å². The molecule has 5 nitrogen and oxygen atoms in total. The molecule has 6 heteroatoms. The number of esters is 1. The van der Waals surface area contributed by atoms with E-state index in [-0.39, 0.29) is 18.0 Å². The number of hydrogen-bond acceptors (Lipinski definition) is 5. The summed E-state index contributed by atoms with van der Waals surface area (Å²) in [6.07, 6.45) is 0. The highest BCUT2D eigenvalue weighted by atomic mass is 19.1. The summed E-state index contributed by atoms with van der Waals surface area (Å²) < 4.78 is 33.9. The Morgan fingerprint density at radius 1 is 1.00 bits per heavy atom. The van der Waals surface area contributed by atoms with Crippen molar-refractivity contribution in [2.45, 2.75) is 6.61 Å². The quantitative estimate of drug-likeness (QED) is 0.765. The van der Waals surface area contributed by atoms with Crippen LogP contribution in [-0.2, 0) is 11.3 Å². The van der Waals surface area contributed by atoms with Gasteiger partial charge in [-0.3, -0.25) is 0 Å². The van der Waals surface area contributed by atoms with E-state index < -0.39 is 5.97 Å². The second-order valence-electron chi connectivity index (χ2n) is 4.62. The highest BCUT2D eigenvalue weighted by Crippen LogP contribution is 2.38. The van der Waals surface area contributed by atoms with Crippen LogP contribution < -0.4 is 14.2 Å². The van der Waals surface area contributed by atoms with Crippen molar-refractivity contribution < 1.29 is 28.1 Å². The predicted octanol–water partition coefficient (Wildman–Crippen LogP) is 3.21. The monoisotopic (exact) mass is 320 g/mol. The van der Waals surface area contributed by atoms with E-state index in [9.17, 15) is 9.18 Å². The molecule has 0 aromatic heterocycles. The van der Waals surface area contributed by atoms with Crippen molar-refractivity contribution in [3.63, 3.8) is 0 Å². The Morgan fingerprint density at radius 3 is 2.17 bits per heavy atom. The molecule has 0 bridgehead atoms. The zero-order chi connectivity index (χ0) is 16.8. The Balaban J connectivity index is 2.18. The van der Waals surface area contributed by atoms with Crippen LogP contribution in [0, 0.1) is 5.82 Å². The molecule has 0 aliphatic rings. The average molecular weight is 320 g/mol. The first-order valence-corrected chi connectivity index (χ1v) is 6.80. The molecule has 2 aromatic carbocycles. The van der Waals surface area contributed by atoms with Gasteiger partial charge in [-0.15, -0.1) is 0 Å². The van der Waals surface area contributed by atoms with E-state index >= 15 is 0 Å². The van der Waals surface area contributed by atoms with Gasteiger partial charge in [-0.25, -0.2) is 9.18 Å². The van der Waals surface area contributed by atoms with Crippen LogP contribution in [0.2, 0.25) is 0 Å². The van der Waals surface area contributed by atoms with Crippen molar-refractivity contribution in [3.8, 4) is 17.2 Å². The van der Waals surface area contributed by atoms with Crippen molar-refractivity contribution in [1.82, 2.24) is 0 Å². The third kappa shape index (κ3) is 3.91. The first-order chi connectivity index (χ1) is 11.1. The summed E-state index contributed by atoms with van der Waals surface area (Å²) in [7, 11) is 4.39. The second kappa shape index (κ2) is 7.49. The van der Waals surface area contributed by atoms with Gasteiger partial charge in [0.15, 0.2) is 11.5 Å². The first-order valence-electron chi connectivity index (χ1n) is 6.80. The zero-order valence-corrected chi connectivity index (χ0v) is 13.1. The number of ether oxygens (including phenoxy) is 4. The van der Waals surface area contributed by atoms with E-state index in [1.807, 2.05) is 0 Å². The summed E-state index contributed by atoms with van der Waals surface area (Å²) >= 11 is 0. The minimum Gasteiger partial charge on any atom is -0.493 e. The number of benzene rings is 2. The molecular weight excluding hydrogens is 303 g/mol. The SMILES string of the molecule is COc1cc(C(=O)OCc2cccc(F)c2)cc(OC)c1OC. The van der Waals surface area contributed by atoms with Crippen LogP contribution >= 0.6 is 0 Å². The van der Waals surface area contributed by atoms with Gasteiger partial charge in [0, 0.05) is 0 Å². The summed E-state index contributed by atoms with van der Waals surface area (Å²) in [4.78, 5) is 12.2. The molecule has 0 spiro atoms. The third-order valence-electron chi connectivity index (χ3n) is 3.16. The van der Waals surface area contributed by atoms with Crippen LogP contribution in [0.15, 0.2) is 36.4 Å². The zero-order valence-electron chi connectivity index (χ0n) is 13.1. The van der Waals surface area contributed by atoms with Gasteiger partial charge in [-0.1, -0.05) is 12.1 Å². The number of rotatable bonds is 6. The van der Waals surface area contributed by atoms with E-state index in [0.717, 1.165) is 0 Å². The fourth-order valence-electron chi connectivity index (χ4n) is 2.06. The molecule has 0 fully saturated rings. The Morgan fingerprint density at radius 2 is 1.65 bits per heavy atom. The molecule has 0 saturated carbocycles. The fraction of sp³-hybridized carbons (Fsp3) is 0.235. The van der Waals surface area contributed by atoms with Crippen LogP contribution in [0.1, 0.15) is 15.9 Å². The van der Waals surface area contributed by atoms with E-state index in [0.29, 0.717) is 22.8 Å². The molecule has 2 aromatic rings. The minimum absolute atomic E-state index is 0.0345. The number of hydrogen-bond donors (Lipinski definition) is 0. The van der Waals surface area contributed by atoms with Gasteiger partial charge in [0.1, 0.15) is 12.4 Å². The molecule has 0 amide bonds. The number of carbonyl (C=O) groups excluding carboxylic acids is 1. The normalized spacial score (nSPS) is 10.1. The maximum Gasteiger partial charge on any atom is 0.338 e. The highest BCUT2D eigenvalue weighted by molar-refractivity contribution is 5.91. The Kier molecular flexibility index (Phi) is 5.41. The topological polar surface area (TPSA) is 54.0 Å².